The van der Waals surface area contributed by atoms with Gasteiger partial charge in [-0.25, -0.2) is 0 Å². The van der Waals surface area contributed by atoms with Gasteiger partial charge in [0.1, 0.15) is 0 Å². The van der Waals surface area contributed by atoms with E-state index in [1.54, 1.807) is 0 Å². The zero-order valence-electron chi connectivity index (χ0n) is 27.0. The van der Waals surface area contributed by atoms with Crippen molar-refractivity contribution in [2.75, 3.05) is 0 Å². The highest BCUT2D eigenvalue weighted by atomic mass is 32.1. The molecule has 0 atom stereocenters. The van der Waals surface area contributed by atoms with E-state index in [2.05, 4.69) is 170 Å². The van der Waals surface area contributed by atoms with Crippen molar-refractivity contribution < 1.29 is 0 Å². The summed E-state index contributed by atoms with van der Waals surface area (Å²) in [5.74, 6) is 0. The van der Waals surface area contributed by atoms with Crippen LogP contribution in [0.4, 0.5) is 0 Å². The maximum atomic E-state index is 2.48. The minimum absolute atomic E-state index is 1.23. The largest absolute Gasteiger partial charge is 0.135 e. The second kappa shape index (κ2) is 10.9. The second-order valence-corrected chi connectivity index (χ2v) is 15.3. The van der Waals surface area contributed by atoms with E-state index in [1.165, 1.54) is 106 Å². The van der Waals surface area contributed by atoms with Gasteiger partial charge in [-0.05, 0) is 78.3 Å². The number of rotatable bonds is 3. The highest BCUT2D eigenvalue weighted by Gasteiger charge is 2.24. The lowest BCUT2D eigenvalue weighted by atomic mass is 9.84. The van der Waals surface area contributed by atoms with Gasteiger partial charge in [0.2, 0.25) is 0 Å². The van der Waals surface area contributed by atoms with Gasteiger partial charge in [0.15, 0.2) is 0 Å². The summed E-state index contributed by atoms with van der Waals surface area (Å²) in [6, 6.07) is 62.9. The first-order valence-electron chi connectivity index (χ1n) is 17.1. The van der Waals surface area contributed by atoms with Gasteiger partial charge < -0.3 is 0 Å². The van der Waals surface area contributed by atoms with E-state index in [0.717, 1.165) is 0 Å². The summed E-state index contributed by atoms with van der Waals surface area (Å²) < 4.78 is 5.38. The monoisotopic (exact) mass is 668 g/mol. The quantitative estimate of drug-likeness (QED) is 0.164. The van der Waals surface area contributed by atoms with E-state index in [4.69, 9.17) is 0 Å². The third kappa shape index (κ3) is 4.04. The summed E-state index contributed by atoms with van der Waals surface area (Å²) in [6.07, 6.45) is 0. The van der Waals surface area contributed by atoms with Crippen molar-refractivity contribution in [2.24, 2.45) is 0 Å². The standard InChI is InChI=1S/C48H28S2/c1-2-12-29(13-3-1)30-22-24-32(25-23-30)43-34-16-6-8-18-36(34)45(37-19-9-7-17-35(37)43)47-46-38-20-10-11-21-40(38)49-42(46)28-39-44-33-15-5-4-14-31(33)26-27-41(44)50-48(39)47/h1-28H. The van der Waals surface area contributed by atoms with Crippen LogP contribution in [0.15, 0.2) is 170 Å². The molecule has 0 unspecified atom stereocenters. The summed E-state index contributed by atoms with van der Waals surface area (Å²) in [7, 11) is 0. The maximum absolute atomic E-state index is 2.48. The topological polar surface area (TPSA) is 0 Å². The average molecular weight is 669 g/mol. The molecule has 11 aromatic rings. The van der Waals surface area contributed by atoms with Crippen LogP contribution >= 0.6 is 22.7 Å². The lowest BCUT2D eigenvalue weighted by Gasteiger charge is -2.19. The first kappa shape index (κ1) is 28.1. The molecule has 11 rings (SSSR count). The Bertz CT molecular complexity index is 3070. The van der Waals surface area contributed by atoms with Crippen molar-refractivity contribution in [3.63, 3.8) is 0 Å². The normalized spacial score (nSPS) is 12.0. The van der Waals surface area contributed by atoms with Gasteiger partial charge in [-0.2, -0.15) is 0 Å². The average Bonchev–Trinajstić information content (AvgIpc) is 3.75. The lowest BCUT2D eigenvalue weighted by Crippen LogP contribution is -1.92. The molecule has 2 heteroatoms. The molecule has 50 heavy (non-hydrogen) atoms. The van der Waals surface area contributed by atoms with Crippen LogP contribution in [-0.4, -0.2) is 0 Å². The summed E-state index contributed by atoms with van der Waals surface area (Å²) >= 11 is 3.86. The number of benzene rings is 9. The predicted molar refractivity (Wildman–Crippen MR) is 221 cm³/mol. The van der Waals surface area contributed by atoms with E-state index in [9.17, 15) is 0 Å². The Balaban J connectivity index is 1.30. The first-order chi connectivity index (χ1) is 24.8. The minimum Gasteiger partial charge on any atom is -0.135 e. The van der Waals surface area contributed by atoms with Gasteiger partial charge in [-0.1, -0.05) is 152 Å². The molecule has 0 N–H and O–H groups in total. The van der Waals surface area contributed by atoms with Crippen LogP contribution in [0.2, 0.25) is 0 Å². The SMILES string of the molecule is c1ccc(-c2ccc(-c3c4ccccc4c(-c4c5sc6ccc7ccccc7c6c5cc5sc6ccccc6c45)c4ccccc34)cc2)cc1. The van der Waals surface area contributed by atoms with Crippen LogP contribution in [0.5, 0.6) is 0 Å². The number of thiophene rings is 2. The number of hydrogen-bond donors (Lipinski definition) is 0. The fraction of sp³-hybridized carbons (Fsp3) is 0. The summed E-state index contributed by atoms with van der Waals surface area (Å²) in [6.45, 7) is 0. The van der Waals surface area contributed by atoms with Gasteiger partial charge in [0.05, 0.1) is 0 Å². The van der Waals surface area contributed by atoms with Crippen molar-refractivity contribution in [1.82, 2.24) is 0 Å². The van der Waals surface area contributed by atoms with E-state index in [1.807, 2.05) is 22.7 Å². The Labute approximate surface area is 297 Å². The van der Waals surface area contributed by atoms with Crippen molar-refractivity contribution in [3.8, 4) is 33.4 Å². The molecule has 0 aliphatic rings. The summed E-state index contributed by atoms with van der Waals surface area (Å²) in [5, 5.41) is 13.2. The molecule has 0 aliphatic carbocycles. The third-order valence-corrected chi connectivity index (χ3v) is 12.8. The summed E-state index contributed by atoms with van der Waals surface area (Å²) in [5.41, 5.74) is 7.69. The number of fused-ring (bicyclic) bond motifs is 10. The Morgan fingerprint density at radius 2 is 0.840 bits per heavy atom. The van der Waals surface area contributed by atoms with Crippen molar-refractivity contribution in [3.05, 3.63) is 170 Å². The number of hydrogen-bond acceptors (Lipinski definition) is 2. The molecule has 0 amide bonds. The molecule has 0 saturated heterocycles. The van der Waals surface area contributed by atoms with Gasteiger partial charge in [0, 0.05) is 45.9 Å². The smallest absolute Gasteiger partial charge is 0.0441 e. The molecule has 2 heterocycles. The Kier molecular flexibility index (Phi) is 6.09. The summed E-state index contributed by atoms with van der Waals surface area (Å²) in [4.78, 5) is 0. The van der Waals surface area contributed by atoms with Crippen molar-refractivity contribution >= 4 is 95.3 Å². The zero-order valence-corrected chi connectivity index (χ0v) is 28.6. The van der Waals surface area contributed by atoms with Gasteiger partial charge in [-0.3, -0.25) is 0 Å². The predicted octanol–water partition coefficient (Wildman–Crippen LogP) is 14.9. The van der Waals surface area contributed by atoms with E-state index < -0.39 is 0 Å². The fourth-order valence-corrected chi connectivity index (χ4v) is 10.7. The van der Waals surface area contributed by atoms with Gasteiger partial charge >= 0.3 is 0 Å². The molecule has 9 aromatic carbocycles. The fourth-order valence-electron chi connectivity index (χ4n) is 8.29. The highest BCUT2D eigenvalue weighted by molar-refractivity contribution is 7.28. The van der Waals surface area contributed by atoms with E-state index >= 15 is 0 Å². The van der Waals surface area contributed by atoms with Crippen LogP contribution in [0, 0.1) is 0 Å². The Morgan fingerprint density at radius 1 is 0.280 bits per heavy atom. The van der Waals surface area contributed by atoms with Crippen molar-refractivity contribution in [2.45, 2.75) is 0 Å². The Hall–Kier alpha value is -5.80. The molecule has 0 aliphatic heterocycles. The molecular formula is C48H28S2. The first-order valence-corrected chi connectivity index (χ1v) is 18.7. The van der Waals surface area contributed by atoms with Gasteiger partial charge in [0.25, 0.3) is 0 Å². The van der Waals surface area contributed by atoms with Crippen LogP contribution in [0.1, 0.15) is 0 Å². The molecule has 0 saturated carbocycles. The molecule has 2 aromatic heterocycles. The van der Waals surface area contributed by atoms with Crippen LogP contribution < -0.4 is 0 Å². The van der Waals surface area contributed by atoms with E-state index in [-0.39, 0.29) is 0 Å². The highest BCUT2D eigenvalue weighted by Crippen LogP contribution is 2.53. The van der Waals surface area contributed by atoms with Crippen LogP contribution in [0.3, 0.4) is 0 Å². The molecule has 232 valence electrons. The minimum atomic E-state index is 1.23. The van der Waals surface area contributed by atoms with Crippen LogP contribution in [-0.2, 0) is 0 Å². The molecule has 0 bridgehead atoms. The second-order valence-electron chi connectivity index (χ2n) is 13.1. The van der Waals surface area contributed by atoms with Gasteiger partial charge in [-0.15, -0.1) is 22.7 Å². The maximum Gasteiger partial charge on any atom is 0.0441 e. The lowest BCUT2D eigenvalue weighted by molar-refractivity contribution is 1.61. The van der Waals surface area contributed by atoms with Crippen molar-refractivity contribution in [1.29, 1.82) is 0 Å². The third-order valence-electron chi connectivity index (χ3n) is 10.5. The zero-order chi connectivity index (χ0) is 32.8. The molecule has 0 spiro atoms. The molecule has 0 nitrogen and oxygen atoms in total. The molecular weight excluding hydrogens is 641 g/mol. The van der Waals surface area contributed by atoms with Crippen LogP contribution in [0.25, 0.3) is 106 Å². The Morgan fingerprint density at radius 3 is 1.56 bits per heavy atom. The molecule has 0 fully saturated rings. The van der Waals surface area contributed by atoms with E-state index in [0.29, 0.717) is 0 Å². The molecule has 0 radical (unpaired) electrons.